The highest BCUT2D eigenvalue weighted by Gasteiger charge is 2.34. The van der Waals surface area contributed by atoms with E-state index >= 15 is 0 Å². The molecule has 5 nitrogen and oxygen atoms in total. The molecule has 0 spiro atoms. The minimum Gasteiger partial charge on any atom is -0.468 e. The summed E-state index contributed by atoms with van der Waals surface area (Å²) in [5, 5.41) is 0. The van der Waals surface area contributed by atoms with Gasteiger partial charge in [0.25, 0.3) is 0 Å². The summed E-state index contributed by atoms with van der Waals surface area (Å²) in [6, 6.07) is 3.74. The molecule has 0 bridgehead atoms. The van der Waals surface area contributed by atoms with Gasteiger partial charge in [0, 0.05) is 0 Å². The van der Waals surface area contributed by atoms with Crippen LogP contribution in [0.1, 0.15) is 25.4 Å². The highest BCUT2D eigenvalue weighted by molar-refractivity contribution is 5.81. The molecule has 0 unspecified atom stereocenters. The fourth-order valence-corrected chi connectivity index (χ4v) is 1.70. The van der Waals surface area contributed by atoms with Crippen molar-refractivity contribution in [2.24, 2.45) is 0 Å². The summed E-state index contributed by atoms with van der Waals surface area (Å²) >= 11 is 0. The van der Waals surface area contributed by atoms with Gasteiger partial charge in [-0.25, -0.2) is 4.98 Å². The maximum Gasteiger partial charge on any atom is 0.318 e. The van der Waals surface area contributed by atoms with Crippen molar-refractivity contribution in [2.45, 2.75) is 26.2 Å². The average molecular weight is 248 g/mol. The van der Waals surface area contributed by atoms with E-state index in [0.717, 1.165) is 11.5 Å². The summed E-state index contributed by atoms with van der Waals surface area (Å²) in [7, 11) is 1.36. The molecule has 0 atom stereocenters. The number of hydrogen-bond acceptors (Lipinski definition) is 4. The number of nitrogens with one attached hydrogen (secondary N) is 1. The van der Waals surface area contributed by atoms with E-state index in [4.69, 9.17) is 9.15 Å². The van der Waals surface area contributed by atoms with Gasteiger partial charge in [-0.1, -0.05) is 0 Å². The number of methoxy groups -OCH3 is 1. The highest BCUT2D eigenvalue weighted by Crippen LogP contribution is 2.26. The van der Waals surface area contributed by atoms with Crippen LogP contribution >= 0.6 is 0 Å². The Balaban J connectivity index is 2.33. The maximum absolute atomic E-state index is 11.7. The monoisotopic (exact) mass is 248 g/mol. The van der Waals surface area contributed by atoms with Crippen LogP contribution in [0, 0.1) is 6.92 Å². The summed E-state index contributed by atoms with van der Waals surface area (Å²) in [6.45, 7) is 5.39. The Morgan fingerprint density at radius 3 is 2.72 bits per heavy atom. The number of carbonyl (C=O) groups is 1. The third kappa shape index (κ3) is 2.03. The zero-order valence-corrected chi connectivity index (χ0v) is 10.9. The number of ether oxygens (including phenoxy) is 1. The zero-order chi connectivity index (χ0) is 13.3. The fraction of sp³-hybridized carbons (Fsp3) is 0.385. The SMILES string of the molecule is COC(=O)C(C)(C)c1ncc(-c2ccc(C)o2)[nH]1. The number of hydrogen-bond donors (Lipinski definition) is 1. The number of aromatic nitrogens is 2. The number of carbonyl (C=O) groups excluding carboxylic acids is 1. The van der Waals surface area contributed by atoms with E-state index in [1.54, 1.807) is 20.0 Å². The quantitative estimate of drug-likeness (QED) is 0.847. The molecule has 1 N–H and O–H groups in total. The van der Waals surface area contributed by atoms with Gasteiger partial charge in [0.15, 0.2) is 5.76 Å². The van der Waals surface area contributed by atoms with Crippen molar-refractivity contribution in [1.82, 2.24) is 9.97 Å². The highest BCUT2D eigenvalue weighted by atomic mass is 16.5. The Labute approximate surface area is 105 Å². The van der Waals surface area contributed by atoms with Gasteiger partial charge in [0.05, 0.1) is 13.3 Å². The molecule has 96 valence electrons. The van der Waals surface area contributed by atoms with Crippen LogP contribution in [0.15, 0.2) is 22.7 Å². The van der Waals surface area contributed by atoms with Crippen LogP contribution in [0.3, 0.4) is 0 Å². The molecule has 0 saturated carbocycles. The fourth-order valence-electron chi connectivity index (χ4n) is 1.70. The first-order chi connectivity index (χ1) is 8.45. The lowest BCUT2D eigenvalue weighted by Gasteiger charge is -2.18. The van der Waals surface area contributed by atoms with E-state index in [0.29, 0.717) is 11.6 Å². The van der Waals surface area contributed by atoms with Gasteiger partial charge < -0.3 is 14.1 Å². The summed E-state index contributed by atoms with van der Waals surface area (Å²) in [4.78, 5) is 19.0. The Morgan fingerprint density at radius 2 is 2.17 bits per heavy atom. The normalized spacial score (nSPS) is 11.6. The lowest BCUT2D eigenvalue weighted by Crippen LogP contribution is -2.31. The number of H-pyrrole nitrogens is 1. The Hall–Kier alpha value is -2.04. The van der Waals surface area contributed by atoms with Crippen LogP contribution in [-0.4, -0.2) is 23.0 Å². The second kappa shape index (κ2) is 4.33. The predicted octanol–water partition coefficient (Wildman–Crippen LogP) is 2.43. The molecule has 0 amide bonds. The van der Waals surface area contributed by atoms with E-state index in [-0.39, 0.29) is 5.97 Å². The van der Waals surface area contributed by atoms with E-state index in [2.05, 4.69) is 9.97 Å². The standard InChI is InChI=1S/C13H16N2O3/c1-8-5-6-10(18-8)9-7-14-11(15-9)13(2,3)12(16)17-4/h5-7H,1-4H3,(H,14,15). The van der Waals surface area contributed by atoms with Crippen molar-refractivity contribution in [3.63, 3.8) is 0 Å². The topological polar surface area (TPSA) is 68.1 Å². The van der Waals surface area contributed by atoms with Crippen molar-refractivity contribution in [1.29, 1.82) is 0 Å². The molecular formula is C13H16N2O3. The Morgan fingerprint density at radius 1 is 1.44 bits per heavy atom. The molecule has 0 saturated heterocycles. The molecular weight excluding hydrogens is 232 g/mol. The molecule has 0 aromatic carbocycles. The van der Waals surface area contributed by atoms with Crippen molar-refractivity contribution >= 4 is 5.97 Å². The van der Waals surface area contributed by atoms with E-state index in [1.807, 2.05) is 19.1 Å². The molecule has 0 radical (unpaired) electrons. The van der Waals surface area contributed by atoms with Crippen molar-refractivity contribution < 1.29 is 13.9 Å². The molecule has 5 heteroatoms. The van der Waals surface area contributed by atoms with Crippen LogP contribution in [-0.2, 0) is 14.9 Å². The molecule has 0 aliphatic carbocycles. The molecule has 2 aromatic heterocycles. The first kappa shape index (κ1) is 12.4. The summed E-state index contributed by atoms with van der Waals surface area (Å²) in [6.07, 6.45) is 1.65. The third-order valence-corrected chi connectivity index (χ3v) is 2.87. The van der Waals surface area contributed by atoms with Gasteiger partial charge in [0.2, 0.25) is 0 Å². The van der Waals surface area contributed by atoms with Crippen LogP contribution < -0.4 is 0 Å². The van der Waals surface area contributed by atoms with Gasteiger partial charge in [0.1, 0.15) is 22.7 Å². The molecule has 18 heavy (non-hydrogen) atoms. The van der Waals surface area contributed by atoms with Crippen LogP contribution in [0.5, 0.6) is 0 Å². The molecule has 2 aromatic rings. The second-order valence-electron chi connectivity index (χ2n) is 4.67. The predicted molar refractivity (Wildman–Crippen MR) is 66.1 cm³/mol. The molecule has 0 aliphatic heterocycles. The van der Waals surface area contributed by atoms with Crippen molar-refractivity contribution in [3.05, 3.63) is 29.9 Å². The smallest absolute Gasteiger partial charge is 0.318 e. The minimum absolute atomic E-state index is 0.334. The number of aryl methyl sites for hydroxylation is 1. The lowest BCUT2D eigenvalue weighted by molar-refractivity contribution is -0.146. The maximum atomic E-state index is 11.7. The second-order valence-corrected chi connectivity index (χ2v) is 4.67. The minimum atomic E-state index is -0.811. The first-order valence-electron chi connectivity index (χ1n) is 5.66. The van der Waals surface area contributed by atoms with Gasteiger partial charge in [-0.15, -0.1) is 0 Å². The van der Waals surface area contributed by atoms with E-state index in [1.165, 1.54) is 7.11 Å². The lowest BCUT2D eigenvalue weighted by atomic mass is 9.93. The summed E-state index contributed by atoms with van der Waals surface area (Å²) in [5.74, 6) is 1.75. The van der Waals surface area contributed by atoms with Gasteiger partial charge >= 0.3 is 5.97 Å². The largest absolute Gasteiger partial charge is 0.468 e. The Kier molecular flexibility index (Phi) is 2.98. The Bertz CT molecular complexity index is 566. The van der Waals surface area contributed by atoms with Gasteiger partial charge in [-0.3, -0.25) is 4.79 Å². The van der Waals surface area contributed by atoms with Crippen molar-refractivity contribution in [2.75, 3.05) is 7.11 Å². The molecule has 2 rings (SSSR count). The van der Waals surface area contributed by atoms with Crippen LogP contribution in [0.4, 0.5) is 0 Å². The number of furan rings is 1. The van der Waals surface area contributed by atoms with Crippen LogP contribution in [0.2, 0.25) is 0 Å². The molecule has 2 heterocycles. The number of imidazole rings is 1. The molecule has 0 fully saturated rings. The average Bonchev–Trinajstić information content (AvgIpc) is 2.95. The third-order valence-electron chi connectivity index (χ3n) is 2.87. The van der Waals surface area contributed by atoms with Gasteiger partial charge in [-0.2, -0.15) is 0 Å². The first-order valence-corrected chi connectivity index (χ1v) is 5.66. The number of rotatable bonds is 3. The molecule has 0 aliphatic rings. The summed E-state index contributed by atoms with van der Waals surface area (Å²) < 4.78 is 10.3. The van der Waals surface area contributed by atoms with Crippen molar-refractivity contribution in [3.8, 4) is 11.5 Å². The zero-order valence-electron chi connectivity index (χ0n) is 10.9. The number of aromatic amines is 1. The van der Waals surface area contributed by atoms with Gasteiger partial charge in [-0.05, 0) is 32.9 Å². The van der Waals surface area contributed by atoms with E-state index < -0.39 is 5.41 Å². The number of esters is 1. The van der Waals surface area contributed by atoms with Crippen LogP contribution in [0.25, 0.3) is 11.5 Å². The summed E-state index contributed by atoms with van der Waals surface area (Å²) in [5.41, 5.74) is -0.0654. The van der Waals surface area contributed by atoms with E-state index in [9.17, 15) is 4.79 Å². The number of nitrogens with zero attached hydrogens (tertiary/aromatic N) is 1.